The Morgan fingerprint density at radius 1 is 1.07 bits per heavy atom. The van der Waals surface area contributed by atoms with E-state index in [4.69, 9.17) is 5.11 Å². The van der Waals surface area contributed by atoms with E-state index < -0.39 is 6.36 Å². The number of halogens is 3. The molecule has 27 heavy (non-hydrogen) atoms. The Bertz CT molecular complexity index is 879. The fourth-order valence-electron chi connectivity index (χ4n) is 2.43. The van der Waals surface area contributed by atoms with Crippen molar-refractivity contribution in [2.75, 3.05) is 11.9 Å². The molecule has 1 heterocycles. The van der Waals surface area contributed by atoms with Crippen LogP contribution in [-0.2, 0) is 6.42 Å². The number of aliphatic hydroxyl groups is 1. The molecule has 0 saturated carbocycles. The standard InChI is InChI=1S/C18H17F3N4O2/c19-18(20,21)27-17-8-6-13(7-9-17)22-14-3-1-5-16(11-14)25-12-15(23-24-25)4-2-10-26/h1,3,5-9,11-12,22,26H,2,4,10H2. The number of anilines is 2. The number of aliphatic hydroxyl groups excluding tert-OH is 1. The normalized spacial score (nSPS) is 11.4. The van der Waals surface area contributed by atoms with Crippen LogP contribution in [0.25, 0.3) is 5.69 Å². The Hall–Kier alpha value is -3.07. The predicted octanol–water partition coefficient (Wildman–Crippen LogP) is 3.83. The number of benzene rings is 2. The fraction of sp³-hybridized carbons (Fsp3) is 0.222. The van der Waals surface area contributed by atoms with E-state index in [1.54, 1.807) is 10.9 Å². The van der Waals surface area contributed by atoms with Gasteiger partial charge in [-0.15, -0.1) is 18.3 Å². The molecule has 9 heteroatoms. The summed E-state index contributed by atoms with van der Waals surface area (Å²) in [6.45, 7) is 0.0963. The molecule has 142 valence electrons. The highest BCUT2D eigenvalue weighted by molar-refractivity contribution is 5.62. The lowest BCUT2D eigenvalue weighted by atomic mass is 10.2. The molecule has 0 aliphatic carbocycles. The maximum Gasteiger partial charge on any atom is 0.573 e. The third-order valence-corrected chi connectivity index (χ3v) is 3.62. The Labute approximate surface area is 153 Å². The molecule has 0 bridgehead atoms. The van der Waals surface area contributed by atoms with E-state index >= 15 is 0 Å². The third kappa shape index (κ3) is 5.45. The predicted molar refractivity (Wildman–Crippen MR) is 93.2 cm³/mol. The summed E-state index contributed by atoms with van der Waals surface area (Å²) in [5, 5.41) is 20.1. The zero-order valence-corrected chi connectivity index (χ0v) is 14.1. The van der Waals surface area contributed by atoms with Gasteiger partial charge in [0, 0.05) is 18.0 Å². The highest BCUT2D eigenvalue weighted by atomic mass is 19.4. The molecular weight excluding hydrogens is 361 g/mol. The maximum absolute atomic E-state index is 12.2. The Balaban J connectivity index is 1.69. The molecule has 3 rings (SSSR count). The average Bonchev–Trinajstić information content (AvgIpc) is 3.10. The molecule has 0 fully saturated rings. The largest absolute Gasteiger partial charge is 0.573 e. The van der Waals surface area contributed by atoms with Crippen LogP contribution in [0.4, 0.5) is 24.5 Å². The second-order valence-electron chi connectivity index (χ2n) is 5.73. The van der Waals surface area contributed by atoms with E-state index in [9.17, 15) is 13.2 Å². The first-order valence-corrected chi connectivity index (χ1v) is 8.18. The molecule has 3 aromatic rings. The van der Waals surface area contributed by atoms with Gasteiger partial charge in [0.05, 0.1) is 17.6 Å². The summed E-state index contributed by atoms with van der Waals surface area (Å²) in [6.07, 6.45) is -1.66. The smallest absolute Gasteiger partial charge is 0.406 e. The molecule has 1 aromatic heterocycles. The van der Waals surface area contributed by atoms with Gasteiger partial charge in [-0.2, -0.15) is 0 Å². The summed E-state index contributed by atoms with van der Waals surface area (Å²) in [7, 11) is 0. The zero-order chi connectivity index (χ0) is 19.3. The lowest BCUT2D eigenvalue weighted by Gasteiger charge is -2.11. The average molecular weight is 378 g/mol. The van der Waals surface area contributed by atoms with Crippen molar-refractivity contribution >= 4 is 11.4 Å². The second kappa shape index (κ2) is 8.09. The molecule has 0 amide bonds. The van der Waals surface area contributed by atoms with Gasteiger partial charge >= 0.3 is 6.36 Å². The van der Waals surface area contributed by atoms with E-state index in [0.29, 0.717) is 18.5 Å². The molecular formula is C18H17F3N4O2. The summed E-state index contributed by atoms with van der Waals surface area (Å²) in [5.74, 6) is -0.278. The van der Waals surface area contributed by atoms with Gasteiger partial charge < -0.3 is 15.2 Å². The van der Waals surface area contributed by atoms with Gasteiger partial charge in [0.25, 0.3) is 0 Å². The monoisotopic (exact) mass is 378 g/mol. The number of alkyl halides is 3. The van der Waals surface area contributed by atoms with Crippen LogP contribution in [0.15, 0.2) is 54.7 Å². The van der Waals surface area contributed by atoms with Crippen molar-refractivity contribution < 1.29 is 23.0 Å². The lowest BCUT2D eigenvalue weighted by Crippen LogP contribution is -2.16. The van der Waals surface area contributed by atoms with Gasteiger partial charge in [0.2, 0.25) is 0 Å². The minimum atomic E-state index is -4.71. The molecule has 0 unspecified atom stereocenters. The Morgan fingerprint density at radius 3 is 2.56 bits per heavy atom. The minimum absolute atomic E-state index is 0.0963. The first-order valence-electron chi connectivity index (χ1n) is 8.18. The number of hydrogen-bond donors (Lipinski definition) is 2. The zero-order valence-electron chi connectivity index (χ0n) is 14.1. The maximum atomic E-state index is 12.2. The van der Waals surface area contributed by atoms with Crippen LogP contribution in [0.1, 0.15) is 12.1 Å². The molecule has 0 atom stereocenters. The molecule has 0 aliphatic heterocycles. The summed E-state index contributed by atoms with van der Waals surface area (Å²) < 4.78 is 42.1. The van der Waals surface area contributed by atoms with Gasteiger partial charge in [0.15, 0.2) is 0 Å². The van der Waals surface area contributed by atoms with Gasteiger partial charge in [-0.3, -0.25) is 0 Å². The summed E-state index contributed by atoms with van der Waals surface area (Å²) in [4.78, 5) is 0. The lowest BCUT2D eigenvalue weighted by molar-refractivity contribution is -0.274. The Morgan fingerprint density at radius 2 is 1.85 bits per heavy atom. The van der Waals surface area contributed by atoms with Crippen LogP contribution in [0.2, 0.25) is 0 Å². The first kappa shape index (κ1) is 18.7. The van der Waals surface area contributed by atoms with Crippen molar-refractivity contribution in [1.82, 2.24) is 15.0 Å². The van der Waals surface area contributed by atoms with Crippen LogP contribution in [0.3, 0.4) is 0 Å². The molecule has 0 radical (unpaired) electrons. The number of hydrogen-bond acceptors (Lipinski definition) is 5. The van der Waals surface area contributed by atoms with Crippen LogP contribution in [0.5, 0.6) is 5.75 Å². The quantitative estimate of drug-likeness (QED) is 0.654. The first-order chi connectivity index (χ1) is 12.9. The summed E-state index contributed by atoms with van der Waals surface area (Å²) >= 11 is 0. The molecule has 0 spiro atoms. The van der Waals surface area contributed by atoms with Crippen molar-refractivity contribution in [3.8, 4) is 11.4 Å². The fourth-order valence-corrected chi connectivity index (χ4v) is 2.43. The van der Waals surface area contributed by atoms with E-state index in [1.807, 2.05) is 24.3 Å². The molecule has 2 N–H and O–H groups in total. The van der Waals surface area contributed by atoms with E-state index in [-0.39, 0.29) is 12.4 Å². The van der Waals surface area contributed by atoms with Crippen LogP contribution >= 0.6 is 0 Å². The van der Waals surface area contributed by atoms with Crippen molar-refractivity contribution in [1.29, 1.82) is 0 Å². The van der Waals surface area contributed by atoms with Crippen LogP contribution in [0, 0.1) is 0 Å². The SMILES string of the molecule is OCCCc1cn(-c2cccc(Nc3ccc(OC(F)(F)F)cc3)c2)nn1. The molecule has 0 saturated heterocycles. The number of aromatic nitrogens is 3. The number of nitrogens with zero attached hydrogens (tertiary/aromatic N) is 3. The molecule has 0 aliphatic rings. The highest BCUT2D eigenvalue weighted by Crippen LogP contribution is 2.25. The van der Waals surface area contributed by atoms with Crippen LogP contribution in [-0.4, -0.2) is 33.1 Å². The molecule has 6 nitrogen and oxygen atoms in total. The van der Waals surface area contributed by atoms with Crippen molar-refractivity contribution in [2.24, 2.45) is 0 Å². The van der Waals surface area contributed by atoms with Gasteiger partial charge in [-0.1, -0.05) is 11.3 Å². The third-order valence-electron chi connectivity index (χ3n) is 3.62. The number of ether oxygens (including phenoxy) is 1. The number of nitrogens with one attached hydrogen (secondary N) is 1. The van der Waals surface area contributed by atoms with Gasteiger partial charge in [0.1, 0.15) is 5.75 Å². The second-order valence-corrected chi connectivity index (χ2v) is 5.73. The van der Waals surface area contributed by atoms with E-state index in [0.717, 1.165) is 17.1 Å². The van der Waals surface area contributed by atoms with Crippen LogP contribution < -0.4 is 10.1 Å². The summed E-state index contributed by atoms with van der Waals surface area (Å²) in [6, 6.07) is 12.8. The van der Waals surface area contributed by atoms with E-state index in [1.165, 1.54) is 24.3 Å². The molecule has 2 aromatic carbocycles. The van der Waals surface area contributed by atoms with Crippen molar-refractivity contribution in [3.05, 3.63) is 60.4 Å². The topological polar surface area (TPSA) is 72.2 Å². The van der Waals surface area contributed by atoms with Gasteiger partial charge in [-0.05, 0) is 55.3 Å². The summed E-state index contributed by atoms with van der Waals surface area (Å²) in [5.41, 5.74) is 2.91. The van der Waals surface area contributed by atoms with E-state index in [2.05, 4.69) is 20.4 Å². The minimum Gasteiger partial charge on any atom is -0.406 e. The van der Waals surface area contributed by atoms with Gasteiger partial charge in [-0.25, -0.2) is 4.68 Å². The highest BCUT2D eigenvalue weighted by Gasteiger charge is 2.30. The van der Waals surface area contributed by atoms with Crippen molar-refractivity contribution in [2.45, 2.75) is 19.2 Å². The Kier molecular flexibility index (Phi) is 5.60. The van der Waals surface area contributed by atoms with Crippen molar-refractivity contribution in [3.63, 3.8) is 0 Å². The number of rotatable bonds is 7. The number of aryl methyl sites for hydroxylation is 1.